The number of hydrogen-bond acceptors (Lipinski definition) is 4. The summed E-state index contributed by atoms with van der Waals surface area (Å²) in [5, 5.41) is 11.8. The average molecular weight is 361 g/mol. The highest BCUT2D eigenvalue weighted by Gasteiger charge is 2.49. The SMILES string of the molecule is CCOC1CC2(CCN(C(=O)NCCc3nnc4n3CCCCC4)C2)C1. The summed E-state index contributed by atoms with van der Waals surface area (Å²) in [4.78, 5) is 14.5. The Morgan fingerprint density at radius 2 is 2.15 bits per heavy atom. The van der Waals surface area contributed by atoms with Crippen LogP contribution < -0.4 is 5.32 Å². The van der Waals surface area contributed by atoms with Crippen LogP contribution in [0.25, 0.3) is 0 Å². The maximum absolute atomic E-state index is 12.5. The zero-order chi connectivity index (χ0) is 18.0. The predicted octanol–water partition coefficient (Wildman–Crippen LogP) is 2.15. The van der Waals surface area contributed by atoms with E-state index in [4.69, 9.17) is 4.74 Å². The van der Waals surface area contributed by atoms with E-state index in [1.54, 1.807) is 0 Å². The number of likely N-dealkylation sites (tertiary alicyclic amines) is 1. The third kappa shape index (κ3) is 3.59. The molecule has 1 saturated carbocycles. The maximum atomic E-state index is 12.5. The Bertz CT molecular complexity index is 638. The van der Waals surface area contributed by atoms with Crippen molar-refractivity contribution in [2.45, 2.75) is 70.9 Å². The van der Waals surface area contributed by atoms with Crippen molar-refractivity contribution in [3.05, 3.63) is 11.6 Å². The van der Waals surface area contributed by atoms with Gasteiger partial charge in [-0.05, 0) is 44.4 Å². The molecule has 1 aromatic rings. The first-order valence-electron chi connectivity index (χ1n) is 10.2. The number of nitrogens with zero attached hydrogens (tertiary/aromatic N) is 4. The molecule has 1 aliphatic carbocycles. The van der Waals surface area contributed by atoms with E-state index in [2.05, 4.69) is 20.1 Å². The molecule has 7 heteroatoms. The number of rotatable bonds is 5. The van der Waals surface area contributed by atoms with Gasteiger partial charge in [0.15, 0.2) is 0 Å². The molecule has 1 N–H and O–H groups in total. The Morgan fingerprint density at radius 3 is 3.00 bits per heavy atom. The zero-order valence-electron chi connectivity index (χ0n) is 15.9. The van der Waals surface area contributed by atoms with Gasteiger partial charge in [0.1, 0.15) is 11.6 Å². The molecular formula is C19H31N5O2. The van der Waals surface area contributed by atoms with E-state index in [1.165, 1.54) is 19.3 Å². The van der Waals surface area contributed by atoms with E-state index in [-0.39, 0.29) is 6.03 Å². The average Bonchev–Trinajstić information content (AvgIpc) is 3.13. The molecule has 1 saturated heterocycles. The van der Waals surface area contributed by atoms with Crippen molar-refractivity contribution in [2.24, 2.45) is 5.41 Å². The van der Waals surface area contributed by atoms with E-state index >= 15 is 0 Å². The summed E-state index contributed by atoms with van der Waals surface area (Å²) >= 11 is 0. The number of hydrogen-bond donors (Lipinski definition) is 1. The largest absolute Gasteiger partial charge is 0.378 e. The van der Waals surface area contributed by atoms with Gasteiger partial charge in [-0.15, -0.1) is 10.2 Å². The highest BCUT2D eigenvalue weighted by atomic mass is 16.5. The van der Waals surface area contributed by atoms with Gasteiger partial charge in [0.25, 0.3) is 0 Å². The predicted molar refractivity (Wildman–Crippen MR) is 98.0 cm³/mol. The fraction of sp³-hybridized carbons (Fsp3) is 0.842. The first-order valence-corrected chi connectivity index (χ1v) is 10.2. The summed E-state index contributed by atoms with van der Waals surface area (Å²) in [6.07, 6.45) is 9.18. The minimum absolute atomic E-state index is 0.0670. The molecular weight excluding hydrogens is 330 g/mol. The van der Waals surface area contributed by atoms with Crippen LogP contribution in [0.2, 0.25) is 0 Å². The lowest BCUT2D eigenvalue weighted by Gasteiger charge is -2.44. The lowest BCUT2D eigenvalue weighted by atomic mass is 9.66. The minimum Gasteiger partial charge on any atom is -0.378 e. The fourth-order valence-corrected chi connectivity index (χ4v) is 4.82. The number of ether oxygens (including phenoxy) is 1. The lowest BCUT2D eigenvalue weighted by molar-refractivity contribution is -0.0704. The number of urea groups is 1. The van der Waals surface area contributed by atoms with E-state index in [0.29, 0.717) is 18.1 Å². The Morgan fingerprint density at radius 1 is 1.27 bits per heavy atom. The molecule has 0 aromatic carbocycles. The maximum Gasteiger partial charge on any atom is 0.317 e. The van der Waals surface area contributed by atoms with Gasteiger partial charge in [-0.1, -0.05) is 6.42 Å². The summed E-state index contributed by atoms with van der Waals surface area (Å²) in [5.74, 6) is 2.12. The van der Waals surface area contributed by atoms with Crippen molar-refractivity contribution in [1.82, 2.24) is 25.0 Å². The van der Waals surface area contributed by atoms with Crippen molar-refractivity contribution in [3.63, 3.8) is 0 Å². The van der Waals surface area contributed by atoms with Gasteiger partial charge in [0, 0.05) is 45.6 Å². The standard InChI is InChI=1S/C19H31N5O2/c1-2-26-15-12-19(13-15)8-11-23(14-19)18(25)20-9-7-17-22-21-16-6-4-3-5-10-24(16)17/h15H,2-14H2,1H3,(H,20,25). The monoisotopic (exact) mass is 361 g/mol. The molecule has 0 bridgehead atoms. The second kappa shape index (κ2) is 7.55. The van der Waals surface area contributed by atoms with Crippen LogP contribution in [-0.4, -0.2) is 58.0 Å². The summed E-state index contributed by atoms with van der Waals surface area (Å²) < 4.78 is 7.94. The van der Waals surface area contributed by atoms with Crippen LogP contribution in [0.4, 0.5) is 4.79 Å². The molecule has 4 rings (SSSR count). The van der Waals surface area contributed by atoms with E-state index in [9.17, 15) is 4.79 Å². The molecule has 3 heterocycles. The Labute approximate surface area is 155 Å². The molecule has 26 heavy (non-hydrogen) atoms. The van der Waals surface area contributed by atoms with Crippen molar-refractivity contribution in [1.29, 1.82) is 0 Å². The van der Waals surface area contributed by atoms with Crippen LogP contribution in [-0.2, 0) is 24.1 Å². The van der Waals surface area contributed by atoms with Gasteiger partial charge in [-0.25, -0.2) is 4.79 Å². The number of amides is 2. The topological polar surface area (TPSA) is 72.3 Å². The number of nitrogens with one attached hydrogen (secondary N) is 1. The number of carbonyl (C=O) groups excluding carboxylic acids is 1. The summed E-state index contributed by atoms with van der Waals surface area (Å²) in [6.45, 7) is 6.22. The van der Waals surface area contributed by atoms with Crippen LogP contribution in [0.5, 0.6) is 0 Å². The van der Waals surface area contributed by atoms with E-state index < -0.39 is 0 Å². The molecule has 7 nitrogen and oxygen atoms in total. The zero-order valence-corrected chi connectivity index (χ0v) is 15.9. The van der Waals surface area contributed by atoms with Crippen LogP contribution in [0.15, 0.2) is 0 Å². The van der Waals surface area contributed by atoms with Crippen LogP contribution in [0.3, 0.4) is 0 Å². The van der Waals surface area contributed by atoms with E-state index in [1.807, 2.05) is 11.8 Å². The van der Waals surface area contributed by atoms with Gasteiger partial charge in [0.2, 0.25) is 0 Å². The molecule has 2 aliphatic heterocycles. The summed E-state index contributed by atoms with van der Waals surface area (Å²) in [5.41, 5.74) is 0.321. The molecule has 1 aromatic heterocycles. The van der Waals surface area contributed by atoms with Gasteiger partial charge in [-0.2, -0.15) is 0 Å². The summed E-state index contributed by atoms with van der Waals surface area (Å²) in [6, 6.07) is 0.0670. The first kappa shape index (κ1) is 17.8. The quantitative estimate of drug-likeness (QED) is 0.872. The van der Waals surface area contributed by atoms with Crippen molar-refractivity contribution >= 4 is 6.03 Å². The third-order valence-corrected chi connectivity index (χ3v) is 6.26. The molecule has 0 atom stereocenters. The number of aromatic nitrogens is 3. The van der Waals surface area contributed by atoms with Crippen molar-refractivity contribution in [3.8, 4) is 0 Å². The van der Waals surface area contributed by atoms with Crippen molar-refractivity contribution < 1.29 is 9.53 Å². The lowest BCUT2D eigenvalue weighted by Crippen LogP contribution is -2.46. The van der Waals surface area contributed by atoms with Crippen LogP contribution in [0, 0.1) is 5.41 Å². The van der Waals surface area contributed by atoms with Crippen LogP contribution in [0.1, 0.15) is 57.1 Å². The fourth-order valence-electron chi connectivity index (χ4n) is 4.82. The van der Waals surface area contributed by atoms with E-state index in [0.717, 1.165) is 70.0 Å². The normalized spacial score (nSPS) is 27.9. The molecule has 2 fully saturated rings. The smallest absolute Gasteiger partial charge is 0.317 e. The number of carbonyl (C=O) groups is 1. The third-order valence-electron chi connectivity index (χ3n) is 6.26. The highest BCUT2D eigenvalue weighted by Crippen LogP contribution is 2.49. The highest BCUT2D eigenvalue weighted by molar-refractivity contribution is 5.74. The van der Waals surface area contributed by atoms with Gasteiger partial charge >= 0.3 is 6.03 Å². The molecule has 2 amide bonds. The van der Waals surface area contributed by atoms with Gasteiger partial charge in [-0.3, -0.25) is 0 Å². The summed E-state index contributed by atoms with van der Waals surface area (Å²) in [7, 11) is 0. The first-order chi connectivity index (χ1) is 12.7. The second-order valence-corrected chi connectivity index (χ2v) is 8.13. The Kier molecular flexibility index (Phi) is 5.16. The number of aryl methyl sites for hydroxylation is 1. The minimum atomic E-state index is 0.0670. The second-order valence-electron chi connectivity index (χ2n) is 8.13. The van der Waals surface area contributed by atoms with Gasteiger partial charge < -0.3 is 19.5 Å². The number of fused-ring (bicyclic) bond motifs is 1. The van der Waals surface area contributed by atoms with Crippen molar-refractivity contribution in [2.75, 3.05) is 26.2 Å². The molecule has 144 valence electrons. The Balaban J connectivity index is 1.22. The molecule has 1 spiro atoms. The molecule has 0 unspecified atom stereocenters. The van der Waals surface area contributed by atoms with Gasteiger partial charge in [0.05, 0.1) is 6.10 Å². The van der Waals surface area contributed by atoms with Crippen LogP contribution >= 0.6 is 0 Å². The molecule has 3 aliphatic rings. The molecule has 0 radical (unpaired) electrons. The Hall–Kier alpha value is -1.63.